The van der Waals surface area contributed by atoms with E-state index < -0.39 is 36.3 Å². The predicted octanol–water partition coefficient (Wildman–Crippen LogP) is 4.71. The Hall–Kier alpha value is -3.94. The van der Waals surface area contributed by atoms with Gasteiger partial charge in [-0.25, -0.2) is 18.4 Å². The monoisotopic (exact) mass is 453 g/mol. The molecule has 6 nitrogen and oxygen atoms in total. The molecule has 0 aromatic heterocycles. The van der Waals surface area contributed by atoms with E-state index in [2.05, 4.69) is 0 Å². The van der Waals surface area contributed by atoms with Gasteiger partial charge < -0.3 is 14.6 Å². The van der Waals surface area contributed by atoms with Crippen molar-refractivity contribution in [2.75, 3.05) is 13.2 Å². The quantitative estimate of drug-likeness (QED) is 0.585. The number of carboxylic acids is 1. The number of carbonyl (C=O) groups is 2. The molecule has 0 fully saturated rings. The van der Waals surface area contributed by atoms with Crippen molar-refractivity contribution in [2.45, 2.75) is 19.1 Å². The smallest absolute Gasteiger partial charge is 0.410 e. The van der Waals surface area contributed by atoms with E-state index in [4.69, 9.17) is 14.6 Å². The molecule has 1 aliphatic rings. The number of ether oxygens (including phenoxy) is 2. The van der Waals surface area contributed by atoms with E-state index in [-0.39, 0.29) is 24.5 Å². The molecule has 1 atom stereocenters. The van der Waals surface area contributed by atoms with E-state index in [0.717, 1.165) is 23.3 Å². The molecule has 1 aliphatic heterocycles. The summed E-state index contributed by atoms with van der Waals surface area (Å²) in [5.74, 6) is -3.73. The molecular formula is C25H21F2NO5. The third kappa shape index (κ3) is 4.95. The zero-order valence-corrected chi connectivity index (χ0v) is 17.5. The minimum absolute atomic E-state index is 0.0463. The molecular weight excluding hydrogens is 432 g/mol. The van der Waals surface area contributed by atoms with Crippen molar-refractivity contribution in [1.29, 1.82) is 0 Å². The van der Waals surface area contributed by atoms with Crippen LogP contribution in [0.15, 0.2) is 66.7 Å². The van der Waals surface area contributed by atoms with Crippen LogP contribution >= 0.6 is 0 Å². The van der Waals surface area contributed by atoms with Crippen LogP contribution in [0.2, 0.25) is 0 Å². The average molecular weight is 453 g/mol. The lowest BCUT2D eigenvalue weighted by atomic mass is 9.88. The van der Waals surface area contributed by atoms with Gasteiger partial charge in [-0.3, -0.25) is 4.90 Å². The summed E-state index contributed by atoms with van der Waals surface area (Å²) in [5.41, 5.74) is 2.58. The summed E-state index contributed by atoms with van der Waals surface area (Å²) in [5, 5.41) is 9.00. The van der Waals surface area contributed by atoms with E-state index in [1.165, 1.54) is 4.90 Å². The molecule has 3 aromatic rings. The van der Waals surface area contributed by atoms with E-state index >= 15 is 0 Å². The number of rotatable bonds is 6. The highest BCUT2D eigenvalue weighted by molar-refractivity contribution is 5.71. The van der Waals surface area contributed by atoms with Crippen molar-refractivity contribution < 1.29 is 33.0 Å². The molecule has 3 aromatic carbocycles. The molecule has 8 heteroatoms. The Labute approximate surface area is 189 Å². The molecule has 4 rings (SSSR count). The van der Waals surface area contributed by atoms with Crippen molar-refractivity contribution in [3.63, 3.8) is 0 Å². The van der Waals surface area contributed by atoms with Gasteiger partial charge in [-0.1, -0.05) is 54.6 Å². The minimum Gasteiger partial charge on any atom is -0.481 e. The zero-order valence-electron chi connectivity index (χ0n) is 17.5. The molecule has 1 heterocycles. The summed E-state index contributed by atoms with van der Waals surface area (Å²) in [4.78, 5) is 25.5. The first-order valence-electron chi connectivity index (χ1n) is 10.3. The maximum atomic E-state index is 14.3. The average Bonchev–Trinajstić information content (AvgIpc) is 2.83. The molecule has 1 unspecified atom stereocenters. The van der Waals surface area contributed by atoms with Crippen LogP contribution in [-0.2, 0) is 22.6 Å². The maximum Gasteiger partial charge on any atom is 0.410 e. The lowest BCUT2D eigenvalue weighted by molar-refractivity contribution is -0.139. The third-order valence-corrected chi connectivity index (χ3v) is 5.42. The standard InChI is InChI=1S/C25H21F2NO5/c26-20-12-19(22(13-21(20)27)32-15-23(29)30)24-18-9-5-4-8-17(18)10-11-28(24)25(31)33-14-16-6-2-1-3-7-16/h1-9,12-13,24H,10-11,14-15H2,(H,29,30). The number of carboxylic acid groups (broad SMARTS) is 1. The first kappa shape index (κ1) is 22.3. The van der Waals surface area contributed by atoms with E-state index in [9.17, 15) is 18.4 Å². The van der Waals surface area contributed by atoms with Crippen molar-refractivity contribution in [1.82, 2.24) is 4.90 Å². The van der Waals surface area contributed by atoms with Crippen molar-refractivity contribution in [2.24, 2.45) is 0 Å². The van der Waals surface area contributed by atoms with Gasteiger partial charge in [-0.2, -0.15) is 0 Å². The van der Waals surface area contributed by atoms with Gasteiger partial charge in [0.1, 0.15) is 12.4 Å². The third-order valence-electron chi connectivity index (χ3n) is 5.42. The van der Waals surface area contributed by atoms with Gasteiger partial charge in [0, 0.05) is 18.2 Å². The molecule has 0 saturated heterocycles. The summed E-state index contributed by atoms with van der Waals surface area (Å²) >= 11 is 0. The number of halogens is 2. The van der Waals surface area contributed by atoms with Gasteiger partial charge in [-0.05, 0) is 29.2 Å². The van der Waals surface area contributed by atoms with Gasteiger partial charge >= 0.3 is 12.1 Å². The lowest BCUT2D eigenvalue weighted by Gasteiger charge is -2.37. The fourth-order valence-corrected chi connectivity index (χ4v) is 3.92. The number of benzene rings is 3. The molecule has 0 spiro atoms. The molecule has 0 radical (unpaired) electrons. The van der Waals surface area contributed by atoms with Crippen LogP contribution in [0, 0.1) is 11.6 Å². The van der Waals surface area contributed by atoms with Crippen LogP contribution < -0.4 is 4.74 Å². The van der Waals surface area contributed by atoms with Crippen LogP contribution in [0.5, 0.6) is 5.75 Å². The van der Waals surface area contributed by atoms with Gasteiger partial charge in [0.25, 0.3) is 0 Å². The first-order valence-corrected chi connectivity index (χ1v) is 10.3. The number of carbonyl (C=O) groups excluding carboxylic acids is 1. The highest BCUT2D eigenvalue weighted by atomic mass is 19.2. The summed E-state index contributed by atoms with van der Waals surface area (Å²) in [6.45, 7) is -0.428. The summed E-state index contributed by atoms with van der Waals surface area (Å²) in [6.07, 6.45) is -0.0884. The molecule has 0 bridgehead atoms. The normalized spacial score (nSPS) is 15.0. The largest absolute Gasteiger partial charge is 0.481 e. The van der Waals surface area contributed by atoms with Crippen LogP contribution in [0.1, 0.15) is 28.3 Å². The SMILES string of the molecule is O=C(O)COc1cc(F)c(F)cc1C1c2ccccc2CCN1C(=O)OCc1ccccc1. The number of hydrogen-bond donors (Lipinski definition) is 1. The van der Waals surface area contributed by atoms with Crippen molar-refractivity contribution >= 4 is 12.1 Å². The Morgan fingerprint density at radius 2 is 1.67 bits per heavy atom. The summed E-state index contributed by atoms with van der Waals surface area (Å²) < 4.78 is 39.1. The molecule has 1 N–H and O–H groups in total. The highest BCUT2D eigenvalue weighted by Crippen LogP contribution is 2.40. The van der Waals surface area contributed by atoms with E-state index in [1.54, 1.807) is 12.1 Å². The molecule has 170 valence electrons. The summed E-state index contributed by atoms with van der Waals surface area (Å²) in [6, 6.07) is 17.4. The van der Waals surface area contributed by atoms with Crippen molar-refractivity contribution in [3.05, 3.63) is 101 Å². The Morgan fingerprint density at radius 3 is 2.42 bits per heavy atom. The van der Waals surface area contributed by atoms with Crippen LogP contribution in [-0.4, -0.2) is 35.2 Å². The van der Waals surface area contributed by atoms with Crippen LogP contribution in [0.25, 0.3) is 0 Å². The second-order valence-corrected chi connectivity index (χ2v) is 7.57. The van der Waals surface area contributed by atoms with Crippen molar-refractivity contribution in [3.8, 4) is 5.75 Å². The number of aliphatic carboxylic acids is 1. The highest BCUT2D eigenvalue weighted by Gasteiger charge is 2.35. The number of amides is 1. The lowest BCUT2D eigenvalue weighted by Crippen LogP contribution is -2.41. The second kappa shape index (κ2) is 9.68. The molecule has 0 saturated carbocycles. The number of nitrogens with zero attached hydrogens (tertiary/aromatic N) is 1. The van der Waals surface area contributed by atoms with Gasteiger partial charge in [0.05, 0.1) is 6.04 Å². The topological polar surface area (TPSA) is 76.1 Å². The molecule has 0 aliphatic carbocycles. The van der Waals surface area contributed by atoms with Gasteiger partial charge in [0.15, 0.2) is 18.2 Å². The second-order valence-electron chi connectivity index (χ2n) is 7.57. The number of fused-ring (bicyclic) bond motifs is 1. The first-order chi connectivity index (χ1) is 15.9. The van der Waals surface area contributed by atoms with Crippen LogP contribution in [0.3, 0.4) is 0 Å². The zero-order chi connectivity index (χ0) is 23.4. The Balaban J connectivity index is 1.72. The Morgan fingerprint density at radius 1 is 0.970 bits per heavy atom. The molecule has 33 heavy (non-hydrogen) atoms. The van der Waals surface area contributed by atoms with Gasteiger partial charge in [0.2, 0.25) is 0 Å². The Bertz CT molecular complexity index is 1170. The Kier molecular flexibility index (Phi) is 6.53. The van der Waals surface area contributed by atoms with E-state index in [0.29, 0.717) is 12.0 Å². The fraction of sp³-hybridized carbons (Fsp3) is 0.200. The summed E-state index contributed by atoms with van der Waals surface area (Å²) in [7, 11) is 0. The van der Waals surface area contributed by atoms with E-state index in [1.807, 2.05) is 42.5 Å². The minimum atomic E-state index is -1.27. The predicted molar refractivity (Wildman–Crippen MR) is 115 cm³/mol. The van der Waals surface area contributed by atoms with Crippen LogP contribution in [0.4, 0.5) is 13.6 Å². The maximum absolute atomic E-state index is 14.3. The number of hydrogen-bond acceptors (Lipinski definition) is 4. The van der Waals surface area contributed by atoms with Gasteiger partial charge in [-0.15, -0.1) is 0 Å². The fourth-order valence-electron chi connectivity index (χ4n) is 3.92. The molecule has 1 amide bonds.